The number of amides is 1. The number of aryl methyl sites for hydroxylation is 1. The highest BCUT2D eigenvalue weighted by molar-refractivity contribution is 5.78. The van der Waals surface area contributed by atoms with Gasteiger partial charge in [0, 0.05) is 32.1 Å². The summed E-state index contributed by atoms with van der Waals surface area (Å²) in [6.45, 7) is 8.17. The number of morpholine rings is 1. The van der Waals surface area contributed by atoms with Crippen molar-refractivity contribution < 1.29 is 14.3 Å². The van der Waals surface area contributed by atoms with Gasteiger partial charge in [0.05, 0.1) is 26.4 Å². The van der Waals surface area contributed by atoms with E-state index < -0.39 is 0 Å². The van der Waals surface area contributed by atoms with E-state index in [0.29, 0.717) is 19.1 Å². The Labute approximate surface area is 144 Å². The lowest BCUT2D eigenvalue weighted by atomic mass is 9.99. The predicted octanol–water partition coefficient (Wildman–Crippen LogP) is 1.94. The zero-order valence-corrected chi connectivity index (χ0v) is 14.6. The van der Waals surface area contributed by atoms with Gasteiger partial charge in [0.15, 0.2) is 0 Å². The summed E-state index contributed by atoms with van der Waals surface area (Å²) in [6.07, 6.45) is 2.20. The smallest absolute Gasteiger partial charge is 0.236 e. The third-order valence-corrected chi connectivity index (χ3v) is 4.84. The van der Waals surface area contributed by atoms with Gasteiger partial charge < -0.3 is 14.4 Å². The molecule has 0 N–H and O–H groups in total. The van der Waals surface area contributed by atoms with Crippen LogP contribution >= 0.6 is 0 Å². The van der Waals surface area contributed by atoms with E-state index in [1.165, 1.54) is 5.56 Å². The number of rotatable bonds is 5. The first-order valence-corrected chi connectivity index (χ1v) is 8.98. The van der Waals surface area contributed by atoms with Crippen LogP contribution < -0.4 is 4.74 Å². The van der Waals surface area contributed by atoms with E-state index in [9.17, 15) is 4.79 Å². The van der Waals surface area contributed by atoms with Crippen LogP contribution in [0.3, 0.4) is 0 Å². The summed E-state index contributed by atoms with van der Waals surface area (Å²) in [4.78, 5) is 16.7. The minimum atomic E-state index is 0.247. The Kier molecular flexibility index (Phi) is 6.10. The average Bonchev–Trinajstić information content (AvgIpc) is 2.62. The first-order valence-electron chi connectivity index (χ1n) is 8.98. The first kappa shape index (κ1) is 17.2. The summed E-state index contributed by atoms with van der Waals surface area (Å²) in [5, 5.41) is 0. The standard InChI is InChI=1S/C19H28N2O3/c1-16-4-6-18(7-5-16)24-15-17-3-2-8-21(13-17)19(22)14-20-9-11-23-12-10-20/h4-7,17H,2-3,8-15H2,1H3/t17-/m1/s1. The molecule has 5 nitrogen and oxygen atoms in total. The average molecular weight is 332 g/mol. The summed E-state index contributed by atoms with van der Waals surface area (Å²) in [5.41, 5.74) is 1.24. The number of likely N-dealkylation sites (tertiary alicyclic amines) is 1. The molecule has 0 bridgehead atoms. The van der Waals surface area contributed by atoms with Crippen LogP contribution in [0.2, 0.25) is 0 Å². The van der Waals surface area contributed by atoms with Crippen LogP contribution in [-0.2, 0) is 9.53 Å². The molecule has 1 amide bonds. The molecule has 2 heterocycles. The van der Waals surface area contributed by atoms with Gasteiger partial charge in [-0.2, -0.15) is 0 Å². The van der Waals surface area contributed by atoms with Crippen molar-refractivity contribution in [3.63, 3.8) is 0 Å². The zero-order chi connectivity index (χ0) is 16.8. The summed E-state index contributed by atoms with van der Waals surface area (Å²) >= 11 is 0. The number of benzene rings is 1. The minimum Gasteiger partial charge on any atom is -0.493 e. The molecule has 1 aromatic carbocycles. The molecule has 3 rings (SSSR count). The molecule has 0 aliphatic carbocycles. The van der Waals surface area contributed by atoms with Gasteiger partial charge in [0.25, 0.3) is 0 Å². The molecule has 0 aromatic heterocycles. The van der Waals surface area contributed by atoms with Crippen molar-refractivity contribution in [2.45, 2.75) is 19.8 Å². The van der Waals surface area contributed by atoms with Gasteiger partial charge in [-0.3, -0.25) is 9.69 Å². The molecule has 5 heteroatoms. The van der Waals surface area contributed by atoms with Gasteiger partial charge in [-0.15, -0.1) is 0 Å². The molecule has 2 aliphatic heterocycles. The van der Waals surface area contributed by atoms with E-state index in [1.54, 1.807) is 0 Å². The van der Waals surface area contributed by atoms with Crippen LogP contribution in [0.5, 0.6) is 5.75 Å². The fourth-order valence-electron chi connectivity index (χ4n) is 3.33. The Bertz CT molecular complexity index is 526. The van der Waals surface area contributed by atoms with E-state index >= 15 is 0 Å². The van der Waals surface area contributed by atoms with E-state index in [0.717, 1.165) is 58.0 Å². The second kappa shape index (κ2) is 8.49. The predicted molar refractivity (Wildman–Crippen MR) is 93.2 cm³/mol. The molecule has 1 aromatic rings. The van der Waals surface area contributed by atoms with Crippen LogP contribution in [-0.4, -0.2) is 68.3 Å². The number of carbonyl (C=O) groups excluding carboxylic acids is 1. The van der Waals surface area contributed by atoms with E-state index in [2.05, 4.69) is 24.0 Å². The van der Waals surface area contributed by atoms with Crippen molar-refractivity contribution in [2.75, 3.05) is 52.5 Å². The van der Waals surface area contributed by atoms with E-state index in [1.807, 2.05) is 17.0 Å². The minimum absolute atomic E-state index is 0.247. The maximum absolute atomic E-state index is 12.5. The summed E-state index contributed by atoms with van der Waals surface area (Å²) in [6, 6.07) is 8.15. The number of hydrogen-bond acceptors (Lipinski definition) is 4. The second-order valence-corrected chi connectivity index (χ2v) is 6.86. The van der Waals surface area contributed by atoms with Crippen LogP contribution in [0.15, 0.2) is 24.3 Å². The van der Waals surface area contributed by atoms with Gasteiger partial charge in [-0.05, 0) is 31.9 Å². The van der Waals surface area contributed by atoms with Crippen molar-refractivity contribution in [3.8, 4) is 5.75 Å². The van der Waals surface area contributed by atoms with Crippen molar-refractivity contribution in [2.24, 2.45) is 5.92 Å². The van der Waals surface area contributed by atoms with Gasteiger partial charge >= 0.3 is 0 Å². The second-order valence-electron chi connectivity index (χ2n) is 6.86. The Morgan fingerprint density at radius 2 is 1.96 bits per heavy atom. The van der Waals surface area contributed by atoms with Crippen LogP contribution in [0, 0.1) is 12.8 Å². The Hall–Kier alpha value is -1.59. The van der Waals surface area contributed by atoms with Crippen molar-refractivity contribution in [3.05, 3.63) is 29.8 Å². The lowest BCUT2D eigenvalue weighted by Gasteiger charge is -2.35. The molecule has 132 valence electrons. The lowest BCUT2D eigenvalue weighted by Crippen LogP contribution is -2.48. The van der Waals surface area contributed by atoms with Gasteiger partial charge in [-0.1, -0.05) is 17.7 Å². The molecule has 0 spiro atoms. The van der Waals surface area contributed by atoms with Crippen LogP contribution in [0.25, 0.3) is 0 Å². The normalized spacial score (nSPS) is 22.4. The molecule has 0 radical (unpaired) electrons. The highest BCUT2D eigenvalue weighted by Crippen LogP contribution is 2.19. The SMILES string of the molecule is Cc1ccc(OC[C@@H]2CCCN(C(=O)CN3CCOCC3)C2)cc1. The molecular formula is C19H28N2O3. The molecule has 0 saturated carbocycles. The highest BCUT2D eigenvalue weighted by atomic mass is 16.5. The largest absolute Gasteiger partial charge is 0.493 e. The van der Waals surface area contributed by atoms with Gasteiger partial charge in [-0.25, -0.2) is 0 Å². The van der Waals surface area contributed by atoms with E-state index in [-0.39, 0.29) is 5.91 Å². The molecule has 0 unspecified atom stereocenters. The molecule has 2 aliphatic rings. The molecule has 1 atom stereocenters. The topological polar surface area (TPSA) is 42.0 Å². The summed E-state index contributed by atoms with van der Waals surface area (Å²) < 4.78 is 11.3. The lowest BCUT2D eigenvalue weighted by molar-refractivity contribution is -0.135. The zero-order valence-electron chi connectivity index (χ0n) is 14.6. The fraction of sp³-hybridized carbons (Fsp3) is 0.632. The molecular weight excluding hydrogens is 304 g/mol. The number of hydrogen-bond donors (Lipinski definition) is 0. The number of carbonyl (C=O) groups is 1. The van der Waals surface area contributed by atoms with Gasteiger partial charge in [0.1, 0.15) is 5.75 Å². The third-order valence-electron chi connectivity index (χ3n) is 4.84. The first-order chi connectivity index (χ1) is 11.7. The fourth-order valence-corrected chi connectivity index (χ4v) is 3.33. The van der Waals surface area contributed by atoms with Gasteiger partial charge in [0.2, 0.25) is 5.91 Å². The number of piperidine rings is 1. The van der Waals surface area contributed by atoms with E-state index in [4.69, 9.17) is 9.47 Å². The Morgan fingerprint density at radius 1 is 1.21 bits per heavy atom. The van der Waals surface area contributed by atoms with Crippen molar-refractivity contribution in [1.82, 2.24) is 9.80 Å². The molecule has 2 saturated heterocycles. The monoisotopic (exact) mass is 332 g/mol. The van der Waals surface area contributed by atoms with Crippen LogP contribution in [0.4, 0.5) is 0 Å². The Balaban J connectivity index is 1.44. The third kappa shape index (κ3) is 4.95. The van der Waals surface area contributed by atoms with Crippen molar-refractivity contribution >= 4 is 5.91 Å². The maximum Gasteiger partial charge on any atom is 0.236 e. The quantitative estimate of drug-likeness (QED) is 0.826. The number of nitrogens with zero attached hydrogens (tertiary/aromatic N) is 2. The summed E-state index contributed by atoms with van der Waals surface area (Å²) in [5.74, 6) is 1.59. The molecule has 24 heavy (non-hydrogen) atoms. The number of ether oxygens (including phenoxy) is 2. The summed E-state index contributed by atoms with van der Waals surface area (Å²) in [7, 11) is 0. The molecule has 2 fully saturated rings. The maximum atomic E-state index is 12.5. The van der Waals surface area contributed by atoms with Crippen molar-refractivity contribution in [1.29, 1.82) is 0 Å². The van der Waals surface area contributed by atoms with Crippen LogP contribution in [0.1, 0.15) is 18.4 Å². The Morgan fingerprint density at radius 3 is 2.71 bits per heavy atom. The highest BCUT2D eigenvalue weighted by Gasteiger charge is 2.25.